The number of hydrogen-bond donors (Lipinski definition) is 1. The molecule has 2 aliphatic heterocycles. The Morgan fingerprint density at radius 1 is 1.75 bits per heavy atom. The first-order valence-corrected chi connectivity index (χ1v) is 7.17. The third-order valence-corrected chi connectivity index (χ3v) is 4.75. The molecule has 0 radical (unpaired) electrons. The molecule has 2 atom stereocenters. The van der Waals surface area contributed by atoms with Crippen molar-refractivity contribution in [3.05, 3.63) is 11.0 Å². The number of carboxylic acid groups (broad SMARTS) is 1. The summed E-state index contributed by atoms with van der Waals surface area (Å²) >= 11 is 3.27. The van der Waals surface area contributed by atoms with Gasteiger partial charge in [-0.2, -0.15) is 11.8 Å². The number of carboxylic acids is 1. The molecule has 0 saturated carbocycles. The first-order chi connectivity index (χ1) is 7.65. The summed E-state index contributed by atoms with van der Waals surface area (Å²) in [7, 11) is 0. The van der Waals surface area contributed by atoms with Crippen LogP contribution in [0.4, 0.5) is 0 Å². The molecule has 6 heteroatoms. The maximum atomic E-state index is 11.3. The van der Waals surface area contributed by atoms with Gasteiger partial charge in [-0.3, -0.25) is 4.79 Å². The minimum atomic E-state index is -0.921. The normalized spacial score (nSPS) is 30.4. The van der Waals surface area contributed by atoms with Crippen LogP contribution in [0, 0.1) is 0 Å². The van der Waals surface area contributed by atoms with E-state index in [4.69, 9.17) is 5.11 Å². The Balaban J connectivity index is 2.10. The number of rotatable bonds is 4. The van der Waals surface area contributed by atoms with Crippen molar-refractivity contribution in [2.75, 3.05) is 11.5 Å². The molecule has 0 aromatic carbocycles. The predicted octanol–water partition coefficient (Wildman–Crippen LogP) is 1.38. The van der Waals surface area contributed by atoms with Gasteiger partial charge in [0.15, 0.2) is 6.04 Å². The maximum Gasteiger partial charge on any atom is 0.331 e. The van der Waals surface area contributed by atoms with Crippen molar-refractivity contribution in [3.63, 3.8) is 0 Å². The van der Waals surface area contributed by atoms with Crippen LogP contribution in [-0.2, 0) is 9.59 Å². The number of nitrogens with zero attached hydrogens (tertiary/aromatic N) is 1. The number of fused-ring (bicyclic) bond motifs is 1. The summed E-state index contributed by atoms with van der Waals surface area (Å²) in [6.45, 7) is 2.07. The molecule has 2 saturated heterocycles. The number of carbonyl (C=O) groups is 2. The van der Waals surface area contributed by atoms with Crippen molar-refractivity contribution in [1.82, 2.24) is 4.90 Å². The number of thioether (sulfide) groups is 2. The molecule has 2 fully saturated rings. The predicted molar refractivity (Wildman–Crippen MR) is 65.3 cm³/mol. The Morgan fingerprint density at radius 2 is 2.50 bits per heavy atom. The molecule has 0 aliphatic carbocycles. The van der Waals surface area contributed by atoms with Crippen LogP contribution in [0.5, 0.6) is 0 Å². The number of aliphatic carboxylic acids is 1. The van der Waals surface area contributed by atoms with Crippen molar-refractivity contribution in [1.29, 1.82) is 0 Å². The zero-order valence-electron chi connectivity index (χ0n) is 8.88. The van der Waals surface area contributed by atoms with Gasteiger partial charge in [-0.15, -0.1) is 11.8 Å². The lowest BCUT2D eigenvalue weighted by Gasteiger charge is -2.35. The molecule has 2 heterocycles. The number of amides is 1. The summed E-state index contributed by atoms with van der Waals surface area (Å²) in [5.41, 5.74) is 0. The first-order valence-electron chi connectivity index (χ1n) is 5.13. The van der Waals surface area contributed by atoms with Crippen molar-refractivity contribution in [2.45, 2.75) is 24.8 Å². The van der Waals surface area contributed by atoms with Crippen LogP contribution in [-0.4, -0.2) is 44.8 Å². The summed E-state index contributed by atoms with van der Waals surface area (Å²) in [6.07, 6.45) is 2.43. The smallest absolute Gasteiger partial charge is 0.331 e. The quantitative estimate of drug-likeness (QED) is 0.610. The van der Waals surface area contributed by atoms with Crippen molar-refractivity contribution >= 4 is 35.4 Å². The lowest BCUT2D eigenvalue weighted by molar-refractivity contribution is -0.154. The molecule has 16 heavy (non-hydrogen) atoms. The highest BCUT2D eigenvalue weighted by Gasteiger charge is 2.52. The van der Waals surface area contributed by atoms with Gasteiger partial charge in [0.2, 0.25) is 5.91 Å². The first kappa shape index (κ1) is 11.9. The Bertz CT molecular complexity index is 356. The van der Waals surface area contributed by atoms with Gasteiger partial charge >= 0.3 is 5.97 Å². The summed E-state index contributed by atoms with van der Waals surface area (Å²) in [6, 6.07) is -0.728. The molecule has 0 spiro atoms. The van der Waals surface area contributed by atoms with Gasteiger partial charge < -0.3 is 10.0 Å². The van der Waals surface area contributed by atoms with Crippen molar-refractivity contribution < 1.29 is 14.7 Å². The lowest BCUT2D eigenvalue weighted by Crippen LogP contribution is -2.53. The Kier molecular flexibility index (Phi) is 3.49. The van der Waals surface area contributed by atoms with Crippen LogP contribution in [0.25, 0.3) is 0 Å². The molecular weight excluding hydrogens is 246 g/mol. The van der Waals surface area contributed by atoms with E-state index in [-0.39, 0.29) is 11.3 Å². The van der Waals surface area contributed by atoms with E-state index >= 15 is 0 Å². The van der Waals surface area contributed by atoms with E-state index in [9.17, 15) is 9.59 Å². The maximum absolute atomic E-state index is 11.3. The van der Waals surface area contributed by atoms with Gasteiger partial charge in [-0.25, -0.2) is 4.79 Å². The molecule has 88 valence electrons. The summed E-state index contributed by atoms with van der Waals surface area (Å²) in [5, 5.41) is 9.19. The van der Waals surface area contributed by atoms with E-state index in [1.807, 2.05) is 6.08 Å². The highest BCUT2D eigenvalue weighted by molar-refractivity contribution is 8.04. The minimum Gasteiger partial charge on any atom is -0.479 e. The van der Waals surface area contributed by atoms with Crippen LogP contribution in [0.2, 0.25) is 0 Å². The molecular formula is C10H13NO3S2. The van der Waals surface area contributed by atoms with Crippen molar-refractivity contribution in [3.8, 4) is 0 Å². The van der Waals surface area contributed by atoms with Gasteiger partial charge in [-0.05, 0) is 5.75 Å². The second-order valence-electron chi connectivity index (χ2n) is 3.58. The highest BCUT2D eigenvalue weighted by Crippen LogP contribution is 2.46. The Morgan fingerprint density at radius 3 is 3.06 bits per heavy atom. The van der Waals surface area contributed by atoms with E-state index in [0.29, 0.717) is 6.42 Å². The molecule has 0 bridgehead atoms. The third-order valence-electron chi connectivity index (χ3n) is 2.61. The Hall–Kier alpha value is -0.620. The zero-order valence-corrected chi connectivity index (χ0v) is 10.5. The van der Waals surface area contributed by atoms with Crippen LogP contribution in [0.3, 0.4) is 0 Å². The summed E-state index contributed by atoms with van der Waals surface area (Å²) in [5.74, 6) is 0.863. The van der Waals surface area contributed by atoms with Crippen LogP contribution < -0.4 is 0 Å². The average Bonchev–Trinajstić information content (AvgIpc) is 2.52. The Labute approximate surface area is 102 Å². The van der Waals surface area contributed by atoms with Gasteiger partial charge in [0, 0.05) is 10.7 Å². The van der Waals surface area contributed by atoms with E-state index in [1.165, 1.54) is 16.7 Å². The average molecular weight is 259 g/mol. The standard InChI is InChI=1S/C10H13NO3S2/c1-2-15-4-3-6-9(10(13)14)11-7(12)5-8(11)16-6/h3,8-9H,2,4-5H2,1H3,(H,13,14)/b6-3-/t8-,9?/m0/s1. The number of carbonyl (C=O) groups excluding carboxylic acids is 1. The minimum absolute atomic E-state index is 0.0450. The molecule has 2 aliphatic rings. The molecule has 1 unspecified atom stereocenters. The topological polar surface area (TPSA) is 57.6 Å². The monoisotopic (exact) mass is 259 g/mol. The van der Waals surface area contributed by atoms with Crippen LogP contribution in [0.15, 0.2) is 11.0 Å². The highest BCUT2D eigenvalue weighted by atomic mass is 32.2. The summed E-state index contributed by atoms with van der Waals surface area (Å²) < 4.78 is 0. The summed E-state index contributed by atoms with van der Waals surface area (Å²) in [4.78, 5) is 24.7. The molecule has 0 aromatic rings. The van der Waals surface area contributed by atoms with E-state index < -0.39 is 12.0 Å². The van der Waals surface area contributed by atoms with Gasteiger partial charge in [0.25, 0.3) is 0 Å². The third kappa shape index (κ3) is 1.96. The SMILES string of the molecule is CCSC/C=C1\S[C@H]2CC(=O)N2C1C(=O)O. The molecule has 2 rings (SSSR count). The lowest BCUT2D eigenvalue weighted by atomic mass is 10.1. The number of β-lactam (4-membered cyclic amide) rings is 1. The molecule has 1 amide bonds. The largest absolute Gasteiger partial charge is 0.479 e. The fraction of sp³-hybridized carbons (Fsp3) is 0.600. The van der Waals surface area contributed by atoms with Gasteiger partial charge in [0.1, 0.15) is 0 Å². The number of hydrogen-bond acceptors (Lipinski definition) is 4. The second kappa shape index (κ2) is 4.71. The van der Waals surface area contributed by atoms with E-state index in [2.05, 4.69) is 6.92 Å². The van der Waals surface area contributed by atoms with E-state index in [0.717, 1.165) is 16.4 Å². The fourth-order valence-corrected chi connectivity index (χ4v) is 3.88. The van der Waals surface area contributed by atoms with E-state index in [1.54, 1.807) is 11.8 Å². The van der Waals surface area contributed by atoms with Crippen molar-refractivity contribution in [2.24, 2.45) is 0 Å². The molecule has 4 nitrogen and oxygen atoms in total. The molecule has 0 aromatic heterocycles. The fourth-order valence-electron chi connectivity index (χ4n) is 1.83. The van der Waals surface area contributed by atoms with Crippen LogP contribution >= 0.6 is 23.5 Å². The van der Waals surface area contributed by atoms with Crippen LogP contribution in [0.1, 0.15) is 13.3 Å². The zero-order chi connectivity index (χ0) is 11.7. The molecule has 1 N–H and O–H groups in total. The van der Waals surface area contributed by atoms with Gasteiger partial charge in [-0.1, -0.05) is 13.0 Å². The van der Waals surface area contributed by atoms with Gasteiger partial charge in [0.05, 0.1) is 11.8 Å². The second-order valence-corrected chi connectivity index (χ2v) is 6.15.